The van der Waals surface area contributed by atoms with Gasteiger partial charge in [0.15, 0.2) is 0 Å². The van der Waals surface area contributed by atoms with Crippen LogP contribution in [0.3, 0.4) is 0 Å². The zero-order valence-corrected chi connectivity index (χ0v) is 13.6. The highest BCUT2D eigenvalue weighted by atomic mass is 16.3. The zero-order chi connectivity index (χ0) is 18.4. The van der Waals surface area contributed by atoms with E-state index in [1.54, 1.807) is 36.4 Å². The number of nitrogens with one attached hydrogen (secondary N) is 2. The van der Waals surface area contributed by atoms with Crippen molar-refractivity contribution in [3.8, 4) is 6.07 Å². The third kappa shape index (κ3) is 4.13. The van der Waals surface area contributed by atoms with Gasteiger partial charge in [0.1, 0.15) is 5.76 Å². The molecule has 128 valence electrons. The van der Waals surface area contributed by atoms with Gasteiger partial charge >= 0.3 is 0 Å². The Bertz CT molecular complexity index is 957. The molecule has 0 aliphatic carbocycles. The van der Waals surface area contributed by atoms with Crippen molar-refractivity contribution >= 4 is 17.5 Å². The quantitative estimate of drug-likeness (QED) is 0.738. The lowest BCUT2D eigenvalue weighted by Crippen LogP contribution is -2.23. The highest BCUT2D eigenvalue weighted by Gasteiger charge is 2.12. The molecule has 2 N–H and O–H groups in total. The van der Waals surface area contributed by atoms with E-state index >= 15 is 0 Å². The topological polar surface area (TPSA) is 108 Å². The second kappa shape index (κ2) is 7.77. The lowest BCUT2D eigenvalue weighted by atomic mass is 10.1. The standard InChI is InChI=1S/C19H14N4O3/c20-9-13-3-5-16(6-4-13)23-19(25)15-8-14(10-21-11-15)18(24)22-12-17-2-1-7-26-17/h1-8,10-11H,12H2,(H,22,24)(H,23,25). The van der Waals surface area contributed by atoms with Gasteiger partial charge in [0.2, 0.25) is 0 Å². The number of rotatable bonds is 5. The molecule has 0 fully saturated rings. The largest absolute Gasteiger partial charge is 0.467 e. The number of benzene rings is 1. The molecule has 7 nitrogen and oxygen atoms in total. The first-order chi connectivity index (χ1) is 12.7. The average Bonchev–Trinajstić information content (AvgIpc) is 3.20. The van der Waals surface area contributed by atoms with Crippen molar-refractivity contribution < 1.29 is 14.0 Å². The second-order valence-electron chi connectivity index (χ2n) is 5.37. The Morgan fingerprint density at radius 1 is 1.08 bits per heavy atom. The molecule has 2 heterocycles. The summed E-state index contributed by atoms with van der Waals surface area (Å²) in [6.45, 7) is 0.244. The molecule has 2 amide bonds. The van der Waals surface area contributed by atoms with E-state index in [4.69, 9.17) is 9.68 Å². The molecular weight excluding hydrogens is 332 g/mol. The number of anilines is 1. The van der Waals surface area contributed by atoms with E-state index in [9.17, 15) is 9.59 Å². The van der Waals surface area contributed by atoms with Crippen LogP contribution in [0.1, 0.15) is 32.0 Å². The van der Waals surface area contributed by atoms with Gasteiger partial charge in [-0.1, -0.05) is 0 Å². The minimum Gasteiger partial charge on any atom is -0.467 e. The summed E-state index contributed by atoms with van der Waals surface area (Å²) in [5.74, 6) is -0.133. The summed E-state index contributed by atoms with van der Waals surface area (Å²) in [4.78, 5) is 28.5. The van der Waals surface area contributed by atoms with Gasteiger partial charge < -0.3 is 15.1 Å². The fourth-order valence-corrected chi connectivity index (χ4v) is 2.20. The summed E-state index contributed by atoms with van der Waals surface area (Å²) >= 11 is 0. The Morgan fingerprint density at radius 3 is 2.46 bits per heavy atom. The van der Waals surface area contributed by atoms with E-state index in [0.717, 1.165) is 0 Å². The Kier molecular flexibility index (Phi) is 5.05. The first kappa shape index (κ1) is 16.9. The number of amides is 2. The number of pyridine rings is 1. The maximum atomic E-state index is 12.3. The van der Waals surface area contributed by atoms with E-state index in [2.05, 4.69) is 15.6 Å². The second-order valence-corrected chi connectivity index (χ2v) is 5.37. The van der Waals surface area contributed by atoms with E-state index in [1.165, 1.54) is 24.7 Å². The van der Waals surface area contributed by atoms with Crippen molar-refractivity contribution in [1.82, 2.24) is 10.3 Å². The van der Waals surface area contributed by atoms with Gasteiger partial charge in [0.25, 0.3) is 11.8 Å². The van der Waals surface area contributed by atoms with Crippen molar-refractivity contribution in [2.45, 2.75) is 6.54 Å². The Balaban J connectivity index is 1.66. The predicted molar refractivity (Wildman–Crippen MR) is 93.2 cm³/mol. The predicted octanol–water partition coefficient (Wildman–Crippen LogP) is 2.73. The molecule has 0 aliphatic heterocycles. The molecule has 0 atom stereocenters. The van der Waals surface area contributed by atoms with Gasteiger partial charge in [-0.15, -0.1) is 0 Å². The van der Waals surface area contributed by atoms with Crippen LogP contribution in [0, 0.1) is 11.3 Å². The van der Waals surface area contributed by atoms with Crippen molar-refractivity contribution in [3.63, 3.8) is 0 Å². The Hall–Kier alpha value is -3.92. The fraction of sp³-hybridized carbons (Fsp3) is 0.0526. The van der Waals surface area contributed by atoms with Gasteiger partial charge in [0, 0.05) is 18.1 Å². The number of hydrogen-bond acceptors (Lipinski definition) is 5. The van der Waals surface area contributed by atoms with Gasteiger partial charge in [-0.2, -0.15) is 5.26 Å². The smallest absolute Gasteiger partial charge is 0.257 e. The Labute approximate surface area is 149 Å². The summed E-state index contributed by atoms with van der Waals surface area (Å²) in [5.41, 5.74) is 1.56. The monoisotopic (exact) mass is 346 g/mol. The summed E-state index contributed by atoms with van der Waals surface area (Å²) in [6, 6.07) is 13.4. The molecule has 0 spiro atoms. The molecule has 1 aromatic carbocycles. The number of furan rings is 1. The van der Waals surface area contributed by atoms with Crippen LogP contribution in [0.5, 0.6) is 0 Å². The molecule has 3 aromatic rings. The van der Waals surface area contributed by atoms with E-state index < -0.39 is 5.91 Å². The third-order valence-corrected chi connectivity index (χ3v) is 3.54. The summed E-state index contributed by atoms with van der Waals surface area (Å²) in [5, 5.41) is 14.2. The highest BCUT2D eigenvalue weighted by Crippen LogP contribution is 2.11. The minimum absolute atomic E-state index is 0.244. The number of carbonyl (C=O) groups is 2. The summed E-state index contributed by atoms with van der Waals surface area (Å²) in [7, 11) is 0. The van der Waals surface area contributed by atoms with Crippen LogP contribution in [0.15, 0.2) is 65.5 Å². The van der Waals surface area contributed by atoms with Crippen molar-refractivity contribution in [2.75, 3.05) is 5.32 Å². The van der Waals surface area contributed by atoms with Gasteiger partial charge in [-0.05, 0) is 42.5 Å². The maximum Gasteiger partial charge on any atom is 0.257 e. The number of aromatic nitrogens is 1. The lowest BCUT2D eigenvalue weighted by Gasteiger charge is -2.07. The molecule has 0 bridgehead atoms. The normalized spacial score (nSPS) is 9.96. The van der Waals surface area contributed by atoms with E-state index in [0.29, 0.717) is 17.0 Å². The molecular formula is C19H14N4O3. The maximum absolute atomic E-state index is 12.3. The van der Waals surface area contributed by atoms with Gasteiger partial charge in [-0.3, -0.25) is 14.6 Å². The summed E-state index contributed by atoms with van der Waals surface area (Å²) < 4.78 is 5.15. The van der Waals surface area contributed by atoms with E-state index in [-0.39, 0.29) is 23.6 Å². The first-order valence-electron chi connectivity index (χ1n) is 7.73. The molecule has 2 aromatic heterocycles. The minimum atomic E-state index is -0.400. The molecule has 0 radical (unpaired) electrons. The van der Waals surface area contributed by atoms with E-state index in [1.807, 2.05) is 6.07 Å². The van der Waals surface area contributed by atoms with Crippen LogP contribution < -0.4 is 10.6 Å². The number of hydrogen-bond donors (Lipinski definition) is 2. The van der Waals surface area contributed by atoms with Gasteiger partial charge in [-0.25, -0.2) is 0 Å². The molecule has 0 aliphatic rings. The molecule has 0 saturated heterocycles. The van der Waals surface area contributed by atoms with Crippen molar-refractivity contribution in [1.29, 1.82) is 5.26 Å². The zero-order valence-electron chi connectivity index (χ0n) is 13.6. The van der Waals surface area contributed by atoms with Crippen LogP contribution in [0.2, 0.25) is 0 Å². The summed E-state index contributed by atoms with van der Waals surface area (Å²) in [6.07, 6.45) is 4.29. The van der Waals surface area contributed by atoms with Crippen LogP contribution in [0.4, 0.5) is 5.69 Å². The van der Waals surface area contributed by atoms with Crippen LogP contribution in [-0.2, 0) is 6.54 Å². The number of nitriles is 1. The molecule has 7 heteroatoms. The molecule has 0 unspecified atom stereocenters. The fourth-order valence-electron chi connectivity index (χ4n) is 2.20. The van der Waals surface area contributed by atoms with Crippen LogP contribution >= 0.6 is 0 Å². The molecule has 3 rings (SSSR count). The highest BCUT2D eigenvalue weighted by molar-refractivity contribution is 6.05. The SMILES string of the molecule is N#Cc1ccc(NC(=O)c2cncc(C(=O)NCc3ccco3)c2)cc1. The van der Waals surface area contributed by atoms with Crippen LogP contribution in [-0.4, -0.2) is 16.8 Å². The van der Waals surface area contributed by atoms with Crippen molar-refractivity contribution in [3.05, 3.63) is 83.6 Å². The number of nitrogens with zero attached hydrogens (tertiary/aromatic N) is 2. The van der Waals surface area contributed by atoms with Crippen LogP contribution in [0.25, 0.3) is 0 Å². The average molecular weight is 346 g/mol. The molecule has 26 heavy (non-hydrogen) atoms. The molecule has 0 saturated carbocycles. The van der Waals surface area contributed by atoms with Gasteiger partial charge in [0.05, 0.1) is 35.6 Å². The number of carbonyl (C=O) groups excluding carboxylic acids is 2. The lowest BCUT2D eigenvalue weighted by molar-refractivity contribution is 0.0947. The third-order valence-electron chi connectivity index (χ3n) is 3.54. The Morgan fingerprint density at radius 2 is 1.81 bits per heavy atom. The van der Waals surface area contributed by atoms with Crippen molar-refractivity contribution in [2.24, 2.45) is 0 Å². The first-order valence-corrected chi connectivity index (χ1v) is 7.73.